The molecule has 1 amide bonds. The molecule has 2 aliphatic rings. The Morgan fingerprint density at radius 2 is 2.03 bits per heavy atom. The summed E-state index contributed by atoms with van der Waals surface area (Å²) >= 11 is 1.74. The third-order valence-corrected chi connectivity index (χ3v) is 7.36. The summed E-state index contributed by atoms with van der Waals surface area (Å²) < 4.78 is 5.46. The Morgan fingerprint density at radius 3 is 2.80 bits per heavy atom. The number of primary amides is 1. The van der Waals surface area contributed by atoms with Crippen molar-refractivity contribution in [2.24, 2.45) is 11.1 Å². The minimum absolute atomic E-state index is 0.287. The second kappa shape index (κ2) is 7.88. The fourth-order valence-corrected chi connectivity index (χ4v) is 5.60. The predicted octanol–water partition coefficient (Wildman–Crippen LogP) is 2.72. The average molecular weight is 425 g/mol. The van der Waals surface area contributed by atoms with E-state index >= 15 is 0 Å². The van der Waals surface area contributed by atoms with E-state index in [-0.39, 0.29) is 5.91 Å². The molecule has 0 unspecified atom stereocenters. The van der Waals surface area contributed by atoms with E-state index in [1.807, 2.05) is 0 Å². The maximum absolute atomic E-state index is 12.3. The van der Waals surface area contributed by atoms with Gasteiger partial charge in [0.25, 0.3) is 0 Å². The highest BCUT2D eigenvalue weighted by Gasteiger charge is 2.38. The van der Waals surface area contributed by atoms with E-state index in [2.05, 4.69) is 15.3 Å². The van der Waals surface area contributed by atoms with Crippen molar-refractivity contribution >= 4 is 33.3 Å². The second-order valence-electron chi connectivity index (χ2n) is 7.99. The summed E-state index contributed by atoms with van der Waals surface area (Å²) in [4.78, 5) is 32.8. The molecule has 1 aliphatic heterocycles. The number of rotatable bonds is 5. The summed E-state index contributed by atoms with van der Waals surface area (Å²) in [7, 11) is 0. The molecule has 5 rings (SSSR count). The van der Waals surface area contributed by atoms with Crippen LogP contribution in [0.2, 0.25) is 0 Å². The molecule has 0 saturated carbocycles. The number of nitrogens with zero attached hydrogens (tertiary/aromatic N) is 4. The van der Waals surface area contributed by atoms with Gasteiger partial charge in [0, 0.05) is 37.0 Å². The van der Waals surface area contributed by atoms with Crippen LogP contribution in [0.25, 0.3) is 21.7 Å². The Balaban J connectivity index is 1.58. The maximum atomic E-state index is 12.3. The van der Waals surface area contributed by atoms with Gasteiger partial charge in [-0.3, -0.25) is 9.78 Å². The zero-order valence-electron chi connectivity index (χ0n) is 16.7. The third-order valence-electron chi connectivity index (χ3n) is 6.17. The number of carbonyl (C=O) groups excluding carboxylic acids is 1. The van der Waals surface area contributed by atoms with Gasteiger partial charge < -0.3 is 15.8 Å². The van der Waals surface area contributed by atoms with Gasteiger partial charge in [-0.05, 0) is 44.1 Å². The molecule has 0 bridgehead atoms. The van der Waals surface area contributed by atoms with Gasteiger partial charge in [0.1, 0.15) is 16.3 Å². The van der Waals surface area contributed by atoms with E-state index in [0.717, 1.165) is 28.9 Å². The first kappa shape index (κ1) is 19.3. The van der Waals surface area contributed by atoms with Crippen molar-refractivity contribution in [2.75, 3.05) is 25.1 Å². The van der Waals surface area contributed by atoms with Crippen molar-refractivity contribution in [3.63, 3.8) is 0 Å². The monoisotopic (exact) mass is 424 g/mol. The maximum Gasteiger partial charge on any atom is 0.225 e. The van der Waals surface area contributed by atoms with Crippen LogP contribution in [0.4, 0.5) is 5.82 Å². The number of carbonyl (C=O) groups is 1. The zero-order chi connectivity index (χ0) is 20.6. The number of aromatic nitrogens is 4. The molecule has 1 aliphatic carbocycles. The van der Waals surface area contributed by atoms with Crippen LogP contribution in [0.5, 0.6) is 0 Å². The number of amides is 1. The van der Waals surface area contributed by atoms with Crippen LogP contribution < -0.4 is 11.1 Å². The number of ether oxygens (including phenoxy) is 1. The van der Waals surface area contributed by atoms with E-state index in [9.17, 15) is 4.79 Å². The van der Waals surface area contributed by atoms with Crippen LogP contribution in [-0.2, 0) is 22.4 Å². The van der Waals surface area contributed by atoms with Gasteiger partial charge in [-0.2, -0.15) is 0 Å². The van der Waals surface area contributed by atoms with Crippen LogP contribution in [0.15, 0.2) is 18.6 Å². The Hall–Kier alpha value is -2.65. The van der Waals surface area contributed by atoms with E-state index < -0.39 is 5.41 Å². The summed E-state index contributed by atoms with van der Waals surface area (Å²) in [6, 6.07) is 0. The average Bonchev–Trinajstić information content (AvgIpc) is 3.17. The van der Waals surface area contributed by atoms with Gasteiger partial charge in [0.2, 0.25) is 5.91 Å². The van der Waals surface area contributed by atoms with Crippen LogP contribution in [0.3, 0.4) is 0 Å². The lowest BCUT2D eigenvalue weighted by molar-refractivity contribution is -0.132. The number of anilines is 1. The van der Waals surface area contributed by atoms with Crippen LogP contribution in [-0.4, -0.2) is 45.6 Å². The number of aryl methyl sites for hydroxylation is 2. The molecule has 4 heterocycles. The van der Waals surface area contributed by atoms with Crippen molar-refractivity contribution < 1.29 is 9.53 Å². The van der Waals surface area contributed by atoms with E-state index in [1.165, 1.54) is 23.3 Å². The molecule has 0 radical (unpaired) electrons. The summed E-state index contributed by atoms with van der Waals surface area (Å²) in [5.74, 6) is 1.01. The zero-order valence-corrected chi connectivity index (χ0v) is 17.5. The number of hydrogen-bond donors (Lipinski definition) is 2. The molecular weight excluding hydrogens is 400 g/mol. The van der Waals surface area contributed by atoms with Gasteiger partial charge in [-0.15, -0.1) is 11.3 Å². The quantitative estimate of drug-likeness (QED) is 0.647. The summed E-state index contributed by atoms with van der Waals surface area (Å²) in [6.07, 6.45) is 10.7. The number of hydrogen-bond acceptors (Lipinski definition) is 8. The van der Waals surface area contributed by atoms with Gasteiger partial charge in [0.15, 0.2) is 5.82 Å². The molecule has 0 spiro atoms. The molecule has 1 saturated heterocycles. The molecule has 156 valence electrons. The first-order valence-corrected chi connectivity index (χ1v) is 11.2. The third kappa shape index (κ3) is 3.41. The lowest BCUT2D eigenvalue weighted by Crippen LogP contribution is -2.46. The first-order valence-electron chi connectivity index (χ1n) is 10.4. The van der Waals surface area contributed by atoms with E-state index in [4.69, 9.17) is 20.4 Å². The van der Waals surface area contributed by atoms with Gasteiger partial charge in [-0.1, -0.05) is 0 Å². The minimum Gasteiger partial charge on any atom is -0.381 e. The van der Waals surface area contributed by atoms with Gasteiger partial charge in [0.05, 0.1) is 17.0 Å². The highest BCUT2D eigenvalue weighted by atomic mass is 32.1. The number of nitrogens with two attached hydrogens (primary N) is 1. The molecule has 0 atom stereocenters. The standard InChI is InChI=1S/C21H24N6O2S/c22-20(28)21(5-9-29-10-6-21)12-25-18-16-13-3-1-2-4-15(13)30-19(16)27-17(26-18)14-11-23-7-8-24-14/h7-8,11H,1-6,9-10,12H2,(H2,22,28)(H,25,26,27). The summed E-state index contributed by atoms with van der Waals surface area (Å²) in [5, 5.41) is 4.55. The predicted molar refractivity (Wildman–Crippen MR) is 115 cm³/mol. The van der Waals surface area contributed by atoms with Crippen LogP contribution in [0, 0.1) is 5.41 Å². The van der Waals surface area contributed by atoms with Gasteiger partial charge >= 0.3 is 0 Å². The Morgan fingerprint density at radius 1 is 1.20 bits per heavy atom. The van der Waals surface area contributed by atoms with Crippen LogP contribution in [0.1, 0.15) is 36.1 Å². The summed E-state index contributed by atoms with van der Waals surface area (Å²) in [5.41, 5.74) is 7.15. The van der Waals surface area contributed by atoms with Crippen molar-refractivity contribution in [1.82, 2.24) is 19.9 Å². The highest BCUT2D eigenvalue weighted by Crippen LogP contribution is 2.40. The largest absolute Gasteiger partial charge is 0.381 e. The SMILES string of the molecule is NC(=O)C1(CNc2nc(-c3cnccn3)nc3sc4c(c23)CCCC4)CCOCC1. The molecular formula is C21H24N6O2S. The van der Waals surface area contributed by atoms with Crippen molar-refractivity contribution in [3.05, 3.63) is 29.0 Å². The Bertz CT molecular complexity index is 1080. The van der Waals surface area contributed by atoms with Crippen molar-refractivity contribution in [2.45, 2.75) is 38.5 Å². The molecule has 9 heteroatoms. The normalized spacial score (nSPS) is 18.1. The fourth-order valence-electron chi connectivity index (χ4n) is 4.34. The smallest absolute Gasteiger partial charge is 0.225 e. The van der Waals surface area contributed by atoms with Crippen molar-refractivity contribution in [3.8, 4) is 11.5 Å². The Labute approximate surface area is 178 Å². The minimum atomic E-state index is -0.627. The molecule has 3 N–H and O–H groups in total. The first-order chi connectivity index (χ1) is 14.7. The molecule has 8 nitrogen and oxygen atoms in total. The topological polar surface area (TPSA) is 116 Å². The highest BCUT2D eigenvalue weighted by molar-refractivity contribution is 7.19. The van der Waals surface area contributed by atoms with E-state index in [0.29, 0.717) is 44.1 Å². The number of nitrogens with one attached hydrogen (secondary N) is 1. The van der Waals surface area contributed by atoms with Gasteiger partial charge in [-0.25, -0.2) is 15.0 Å². The number of fused-ring (bicyclic) bond motifs is 3. The molecule has 30 heavy (non-hydrogen) atoms. The van der Waals surface area contributed by atoms with E-state index in [1.54, 1.807) is 29.9 Å². The Kier molecular flexibility index (Phi) is 5.08. The molecule has 3 aromatic heterocycles. The fraction of sp³-hybridized carbons (Fsp3) is 0.476. The van der Waals surface area contributed by atoms with Crippen LogP contribution >= 0.6 is 11.3 Å². The molecule has 3 aromatic rings. The lowest BCUT2D eigenvalue weighted by Gasteiger charge is -2.34. The van der Waals surface area contributed by atoms with Crippen molar-refractivity contribution in [1.29, 1.82) is 0 Å². The molecule has 1 fully saturated rings. The number of thiophene rings is 1. The summed E-state index contributed by atoms with van der Waals surface area (Å²) in [6.45, 7) is 1.52. The molecule has 0 aromatic carbocycles. The second-order valence-corrected chi connectivity index (χ2v) is 9.07. The lowest BCUT2D eigenvalue weighted by atomic mass is 9.79.